The Labute approximate surface area is 90.1 Å². The van der Waals surface area contributed by atoms with Gasteiger partial charge in [-0.3, -0.25) is 9.69 Å². The predicted molar refractivity (Wildman–Crippen MR) is 54.7 cm³/mol. The Kier molecular flexibility index (Phi) is 4.80. The Morgan fingerprint density at radius 2 is 1.87 bits per heavy atom. The molecular weight excluding hydrogens is 190 g/mol. The van der Waals surface area contributed by atoms with Gasteiger partial charge in [0.25, 0.3) is 0 Å². The molecule has 1 fully saturated rings. The molecule has 0 amide bonds. The molecule has 4 nitrogen and oxygen atoms in total. The molecule has 0 spiro atoms. The number of Topliss-reactive ketones (excluding diaryl/α,β-unsaturated/α-hetero) is 1. The molecule has 0 N–H and O–H groups in total. The topological polar surface area (TPSA) is 67.9 Å². The molecule has 0 aromatic rings. The summed E-state index contributed by atoms with van der Waals surface area (Å²) in [7, 11) is 0. The lowest BCUT2D eigenvalue weighted by atomic mass is 10.1. The fourth-order valence-electron chi connectivity index (χ4n) is 1.99. The highest BCUT2D eigenvalue weighted by Crippen LogP contribution is 2.18. The van der Waals surface area contributed by atoms with Gasteiger partial charge < -0.3 is 0 Å². The minimum Gasteiger partial charge on any atom is -0.298 e. The number of hydrogen-bond donors (Lipinski definition) is 0. The Balaban J connectivity index is 2.67. The number of carbonyl (C=O) groups is 1. The van der Waals surface area contributed by atoms with Crippen molar-refractivity contribution < 1.29 is 4.79 Å². The van der Waals surface area contributed by atoms with E-state index in [4.69, 9.17) is 10.5 Å². The van der Waals surface area contributed by atoms with Gasteiger partial charge in [0, 0.05) is 6.42 Å². The van der Waals surface area contributed by atoms with E-state index < -0.39 is 0 Å². The molecule has 0 radical (unpaired) electrons. The lowest BCUT2D eigenvalue weighted by Crippen LogP contribution is -2.41. The van der Waals surface area contributed by atoms with E-state index in [1.54, 1.807) is 4.90 Å². The predicted octanol–water partition coefficient (Wildman–Crippen LogP) is 1.24. The lowest BCUT2D eigenvalue weighted by molar-refractivity contribution is -0.123. The molecule has 1 aliphatic rings. The van der Waals surface area contributed by atoms with Crippen LogP contribution in [-0.4, -0.2) is 29.8 Å². The minimum atomic E-state index is -0.202. The van der Waals surface area contributed by atoms with E-state index >= 15 is 0 Å². The van der Waals surface area contributed by atoms with E-state index in [-0.39, 0.29) is 24.9 Å². The van der Waals surface area contributed by atoms with E-state index in [1.165, 1.54) is 0 Å². The van der Waals surface area contributed by atoms with Crippen LogP contribution in [0.2, 0.25) is 0 Å². The molecule has 1 atom stereocenters. The van der Waals surface area contributed by atoms with Crippen LogP contribution in [0.15, 0.2) is 0 Å². The van der Waals surface area contributed by atoms with Crippen LogP contribution < -0.4 is 0 Å². The zero-order valence-electron chi connectivity index (χ0n) is 8.78. The summed E-state index contributed by atoms with van der Waals surface area (Å²) in [6.07, 6.45) is 4.43. The molecule has 1 saturated carbocycles. The quantitative estimate of drug-likeness (QED) is 0.513. The Bertz CT molecular complexity index is 284. The summed E-state index contributed by atoms with van der Waals surface area (Å²) in [6.45, 7) is 0.341. The van der Waals surface area contributed by atoms with Crippen molar-refractivity contribution in [3.63, 3.8) is 0 Å². The normalized spacial score (nSPS) is 21.8. The summed E-state index contributed by atoms with van der Waals surface area (Å²) in [4.78, 5) is 13.4. The lowest BCUT2D eigenvalue weighted by Gasteiger charge is -2.24. The van der Waals surface area contributed by atoms with Crippen molar-refractivity contribution in [2.45, 2.75) is 38.1 Å². The fourth-order valence-corrected chi connectivity index (χ4v) is 1.99. The maximum atomic E-state index is 11.7. The number of ketones is 1. The molecule has 15 heavy (non-hydrogen) atoms. The van der Waals surface area contributed by atoms with Crippen LogP contribution in [-0.2, 0) is 4.79 Å². The van der Waals surface area contributed by atoms with Crippen molar-refractivity contribution in [1.82, 2.24) is 4.90 Å². The third kappa shape index (κ3) is 3.34. The third-order valence-electron chi connectivity index (χ3n) is 2.76. The average molecular weight is 205 g/mol. The first kappa shape index (κ1) is 11.7. The first-order chi connectivity index (χ1) is 7.29. The highest BCUT2D eigenvalue weighted by molar-refractivity contribution is 5.84. The van der Waals surface area contributed by atoms with Gasteiger partial charge in [-0.15, -0.1) is 0 Å². The van der Waals surface area contributed by atoms with Gasteiger partial charge in [-0.25, -0.2) is 0 Å². The van der Waals surface area contributed by atoms with Crippen LogP contribution in [0.3, 0.4) is 0 Å². The molecule has 0 aliphatic heterocycles. The molecule has 1 rings (SSSR count). The number of hydrogen-bond acceptors (Lipinski definition) is 4. The minimum absolute atomic E-state index is 0.171. The van der Waals surface area contributed by atoms with Crippen LogP contribution >= 0.6 is 0 Å². The van der Waals surface area contributed by atoms with Crippen LogP contribution in [0.5, 0.6) is 0 Å². The molecule has 0 aromatic carbocycles. The fraction of sp³-hybridized carbons (Fsp3) is 0.727. The van der Waals surface area contributed by atoms with Crippen LogP contribution in [0.1, 0.15) is 32.1 Å². The summed E-state index contributed by atoms with van der Waals surface area (Å²) in [5, 5.41) is 17.3. The maximum Gasteiger partial charge on any atom is 0.150 e. The van der Waals surface area contributed by atoms with E-state index in [0.717, 1.165) is 25.7 Å². The van der Waals surface area contributed by atoms with Crippen LogP contribution in [0, 0.1) is 22.7 Å². The van der Waals surface area contributed by atoms with Crippen molar-refractivity contribution in [2.24, 2.45) is 0 Å². The van der Waals surface area contributed by atoms with Gasteiger partial charge >= 0.3 is 0 Å². The van der Waals surface area contributed by atoms with Crippen LogP contribution in [0.25, 0.3) is 0 Å². The standard InChI is InChI=1S/C11H15N3O/c12-6-8-14(9-7-13)10-4-2-1-3-5-11(10)15/h10H,1-5,8-9H2. The SMILES string of the molecule is N#CCN(CC#N)C1CCCCCC1=O. The van der Waals surface area contributed by atoms with Gasteiger partial charge in [0.2, 0.25) is 0 Å². The zero-order chi connectivity index (χ0) is 11.1. The van der Waals surface area contributed by atoms with Gasteiger partial charge in [-0.05, 0) is 12.8 Å². The van der Waals surface area contributed by atoms with Gasteiger partial charge in [0.1, 0.15) is 5.78 Å². The molecule has 4 heteroatoms. The van der Waals surface area contributed by atoms with E-state index in [0.29, 0.717) is 6.42 Å². The van der Waals surface area contributed by atoms with Gasteiger partial charge in [-0.2, -0.15) is 10.5 Å². The molecule has 0 heterocycles. The number of carbonyl (C=O) groups excluding carboxylic acids is 1. The highest BCUT2D eigenvalue weighted by atomic mass is 16.1. The molecule has 0 bridgehead atoms. The summed E-state index contributed by atoms with van der Waals surface area (Å²) in [5.41, 5.74) is 0. The summed E-state index contributed by atoms with van der Waals surface area (Å²) in [5.74, 6) is 0.193. The molecule has 0 aromatic heterocycles. The second-order valence-corrected chi connectivity index (χ2v) is 3.80. The van der Waals surface area contributed by atoms with E-state index in [9.17, 15) is 4.79 Å². The molecule has 0 saturated heterocycles. The van der Waals surface area contributed by atoms with Gasteiger partial charge in [-0.1, -0.05) is 12.8 Å². The third-order valence-corrected chi connectivity index (χ3v) is 2.76. The largest absolute Gasteiger partial charge is 0.298 e. The maximum absolute atomic E-state index is 11.7. The smallest absolute Gasteiger partial charge is 0.150 e. The second kappa shape index (κ2) is 6.16. The molecule has 1 unspecified atom stereocenters. The van der Waals surface area contributed by atoms with Crippen molar-refractivity contribution in [1.29, 1.82) is 10.5 Å². The summed E-state index contributed by atoms with van der Waals surface area (Å²) < 4.78 is 0. The monoisotopic (exact) mass is 205 g/mol. The first-order valence-electron chi connectivity index (χ1n) is 5.30. The molecule has 1 aliphatic carbocycles. The number of nitrogens with zero attached hydrogens (tertiary/aromatic N) is 3. The Morgan fingerprint density at radius 1 is 1.20 bits per heavy atom. The molecular formula is C11H15N3O. The van der Waals surface area contributed by atoms with E-state index in [2.05, 4.69) is 0 Å². The first-order valence-corrected chi connectivity index (χ1v) is 5.30. The molecule has 80 valence electrons. The van der Waals surface area contributed by atoms with Gasteiger partial charge in [0.15, 0.2) is 0 Å². The zero-order valence-corrected chi connectivity index (χ0v) is 8.78. The summed E-state index contributed by atoms with van der Waals surface area (Å²) in [6, 6.07) is 3.82. The second-order valence-electron chi connectivity index (χ2n) is 3.80. The van der Waals surface area contributed by atoms with Crippen molar-refractivity contribution in [3.05, 3.63) is 0 Å². The van der Waals surface area contributed by atoms with Gasteiger partial charge in [0.05, 0.1) is 31.3 Å². The average Bonchev–Trinajstić information content (AvgIpc) is 2.43. The van der Waals surface area contributed by atoms with E-state index in [1.807, 2.05) is 12.1 Å². The highest BCUT2D eigenvalue weighted by Gasteiger charge is 2.26. The van der Waals surface area contributed by atoms with Crippen molar-refractivity contribution in [3.8, 4) is 12.1 Å². The number of rotatable bonds is 3. The Morgan fingerprint density at radius 3 is 2.47 bits per heavy atom. The summed E-state index contributed by atoms with van der Waals surface area (Å²) >= 11 is 0. The Hall–Kier alpha value is -1.39. The van der Waals surface area contributed by atoms with Crippen molar-refractivity contribution >= 4 is 5.78 Å². The number of nitriles is 2. The van der Waals surface area contributed by atoms with Crippen LogP contribution in [0.4, 0.5) is 0 Å². The van der Waals surface area contributed by atoms with Crippen molar-refractivity contribution in [2.75, 3.05) is 13.1 Å².